The van der Waals surface area contributed by atoms with Crippen LogP contribution in [0.5, 0.6) is 0 Å². The van der Waals surface area contributed by atoms with E-state index in [-0.39, 0.29) is 16.2 Å². The predicted molar refractivity (Wildman–Crippen MR) is 78.6 cm³/mol. The van der Waals surface area contributed by atoms with E-state index < -0.39 is 11.6 Å². The lowest BCUT2D eigenvalue weighted by atomic mass is 10.1. The summed E-state index contributed by atoms with van der Waals surface area (Å²) in [4.78, 5) is 5.41. The number of pyridine rings is 1. The Morgan fingerprint density at radius 1 is 1.30 bits per heavy atom. The van der Waals surface area contributed by atoms with E-state index in [1.807, 2.05) is 6.07 Å². The highest BCUT2D eigenvalue weighted by Gasteiger charge is 2.17. The number of rotatable bonds is 4. The number of hydrogen-bond acceptors (Lipinski definition) is 3. The number of nitrogens with zero attached hydrogens (tertiary/aromatic N) is 2. The van der Waals surface area contributed by atoms with Crippen molar-refractivity contribution in [3.8, 4) is 0 Å². The second-order valence-electron chi connectivity index (χ2n) is 4.34. The van der Waals surface area contributed by atoms with Crippen molar-refractivity contribution in [2.45, 2.75) is 6.54 Å². The zero-order valence-corrected chi connectivity index (χ0v) is 11.6. The molecule has 0 aliphatic carbocycles. The molecule has 0 atom stereocenters. The smallest absolute Gasteiger partial charge is 0.182 e. The summed E-state index contributed by atoms with van der Waals surface area (Å²) < 4.78 is 27.9. The van der Waals surface area contributed by atoms with Crippen LogP contribution in [-0.4, -0.2) is 17.0 Å². The molecule has 0 fully saturated rings. The van der Waals surface area contributed by atoms with E-state index >= 15 is 0 Å². The molecule has 0 bridgehead atoms. The molecule has 0 radical (unpaired) electrons. The molecule has 0 saturated carbocycles. The summed E-state index contributed by atoms with van der Waals surface area (Å²) in [5.74, 6) is -1.98. The lowest BCUT2D eigenvalue weighted by molar-refractivity contribution is 0.506. The lowest BCUT2D eigenvalue weighted by Gasteiger charge is -2.20. The first-order chi connectivity index (χ1) is 9.50. The number of anilines is 1. The summed E-state index contributed by atoms with van der Waals surface area (Å²) in [6, 6.07) is 6.50. The molecule has 2 N–H and O–H groups in total. The first kappa shape index (κ1) is 14.3. The Morgan fingerprint density at radius 2 is 2.05 bits per heavy atom. The standard InChI is InChI=1S/C14H13F2N3S/c1-19(8-9-3-2-6-18-7-9)11-5-4-10(14(17)20)12(15)13(11)16/h2-7H,8H2,1H3,(H2,17,20). The highest BCUT2D eigenvalue weighted by atomic mass is 32.1. The fourth-order valence-corrected chi connectivity index (χ4v) is 2.03. The summed E-state index contributed by atoms with van der Waals surface area (Å²) in [5.41, 5.74) is 6.29. The van der Waals surface area contributed by atoms with Crippen molar-refractivity contribution in [3.05, 3.63) is 59.4 Å². The maximum atomic E-state index is 14.0. The van der Waals surface area contributed by atoms with Gasteiger partial charge in [-0.3, -0.25) is 4.98 Å². The van der Waals surface area contributed by atoms with Crippen LogP contribution in [-0.2, 0) is 6.54 Å². The number of halogens is 2. The number of benzene rings is 1. The van der Waals surface area contributed by atoms with Gasteiger partial charge in [-0.2, -0.15) is 0 Å². The molecule has 20 heavy (non-hydrogen) atoms. The summed E-state index contributed by atoms with van der Waals surface area (Å²) in [5, 5.41) is 0. The number of aromatic nitrogens is 1. The van der Waals surface area contributed by atoms with Gasteiger partial charge in [0.2, 0.25) is 0 Å². The van der Waals surface area contributed by atoms with Gasteiger partial charge in [0, 0.05) is 31.5 Å². The van der Waals surface area contributed by atoms with E-state index in [1.165, 1.54) is 12.1 Å². The summed E-state index contributed by atoms with van der Waals surface area (Å²) in [7, 11) is 1.67. The number of hydrogen-bond donors (Lipinski definition) is 1. The topological polar surface area (TPSA) is 42.2 Å². The molecule has 6 heteroatoms. The molecular formula is C14H13F2N3S. The lowest BCUT2D eigenvalue weighted by Crippen LogP contribution is -2.20. The van der Waals surface area contributed by atoms with E-state index in [4.69, 9.17) is 5.73 Å². The van der Waals surface area contributed by atoms with Gasteiger partial charge in [0.1, 0.15) is 4.99 Å². The first-order valence-electron chi connectivity index (χ1n) is 5.88. The van der Waals surface area contributed by atoms with Gasteiger partial charge in [-0.15, -0.1) is 0 Å². The van der Waals surface area contributed by atoms with E-state index in [0.29, 0.717) is 6.54 Å². The predicted octanol–water partition coefficient (Wildman–Crippen LogP) is 2.63. The normalized spacial score (nSPS) is 10.3. The van der Waals surface area contributed by atoms with Crippen LogP contribution in [0.15, 0.2) is 36.7 Å². The van der Waals surface area contributed by atoms with Crippen LogP contribution in [0.1, 0.15) is 11.1 Å². The van der Waals surface area contributed by atoms with Crippen molar-refractivity contribution in [2.75, 3.05) is 11.9 Å². The Labute approximate surface area is 121 Å². The zero-order valence-electron chi connectivity index (χ0n) is 10.8. The van der Waals surface area contributed by atoms with Crippen molar-refractivity contribution in [1.29, 1.82) is 0 Å². The van der Waals surface area contributed by atoms with Crippen LogP contribution >= 0.6 is 12.2 Å². The molecule has 2 aromatic rings. The molecule has 0 spiro atoms. The molecule has 0 amide bonds. The Morgan fingerprint density at radius 3 is 2.65 bits per heavy atom. The van der Waals surface area contributed by atoms with Crippen LogP contribution in [0, 0.1) is 11.6 Å². The van der Waals surface area contributed by atoms with Gasteiger partial charge in [0.05, 0.1) is 5.69 Å². The Hall–Kier alpha value is -2.08. The number of thiocarbonyl (C=S) groups is 1. The summed E-state index contributed by atoms with van der Waals surface area (Å²) in [6.45, 7) is 0.413. The Bertz CT molecular complexity index is 632. The average molecular weight is 293 g/mol. The van der Waals surface area contributed by atoms with Crippen LogP contribution in [0.2, 0.25) is 0 Å². The second-order valence-corrected chi connectivity index (χ2v) is 4.78. The average Bonchev–Trinajstić information content (AvgIpc) is 2.42. The minimum atomic E-state index is -1.02. The van der Waals surface area contributed by atoms with Gasteiger partial charge in [-0.1, -0.05) is 18.3 Å². The molecule has 0 unspecified atom stereocenters. The molecule has 1 aromatic heterocycles. The molecule has 0 aliphatic rings. The largest absolute Gasteiger partial charge is 0.389 e. The van der Waals surface area contributed by atoms with E-state index in [1.54, 1.807) is 30.4 Å². The third kappa shape index (κ3) is 2.91. The molecule has 104 valence electrons. The molecule has 0 saturated heterocycles. The maximum absolute atomic E-state index is 14.0. The van der Waals surface area contributed by atoms with E-state index in [2.05, 4.69) is 17.2 Å². The third-order valence-corrected chi connectivity index (χ3v) is 3.10. The zero-order chi connectivity index (χ0) is 14.7. The van der Waals surface area contributed by atoms with Gasteiger partial charge >= 0.3 is 0 Å². The molecule has 0 aliphatic heterocycles. The fraction of sp³-hybridized carbons (Fsp3) is 0.143. The van der Waals surface area contributed by atoms with Gasteiger partial charge in [0.15, 0.2) is 11.6 Å². The highest BCUT2D eigenvalue weighted by molar-refractivity contribution is 7.80. The second kappa shape index (κ2) is 5.92. The minimum absolute atomic E-state index is 0.0870. The Kier molecular flexibility index (Phi) is 4.24. The van der Waals surface area contributed by atoms with Crippen molar-refractivity contribution in [1.82, 2.24) is 4.98 Å². The Balaban J connectivity index is 2.29. The quantitative estimate of drug-likeness (QED) is 0.880. The highest BCUT2D eigenvalue weighted by Crippen LogP contribution is 2.24. The van der Waals surface area contributed by atoms with Crippen molar-refractivity contribution >= 4 is 22.9 Å². The van der Waals surface area contributed by atoms with Crippen LogP contribution in [0.25, 0.3) is 0 Å². The minimum Gasteiger partial charge on any atom is -0.389 e. The molecule has 3 nitrogen and oxygen atoms in total. The van der Waals surface area contributed by atoms with E-state index in [0.717, 1.165) is 5.56 Å². The molecular weight excluding hydrogens is 280 g/mol. The summed E-state index contributed by atoms with van der Waals surface area (Å²) >= 11 is 4.67. The fourth-order valence-electron chi connectivity index (χ4n) is 1.88. The third-order valence-electron chi connectivity index (χ3n) is 2.88. The molecule has 2 rings (SSSR count). The van der Waals surface area contributed by atoms with Crippen molar-refractivity contribution in [3.63, 3.8) is 0 Å². The van der Waals surface area contributed by atoms with Crippen molar-refractivity contribution < 1.29 is 8.78 Å². The molecule has 1 aromatic carbocycles. The molecule has 1 heterocycles. The maximum Gasteiger partial charge on any atom is 0.182 e. The van der Waals surface area contributed by atoms with Crippen LogP contribution in [0.3, 0.4) is 0 Å². The van der Waals surface area contributed by atoms with Gasteiger partial charge < -0.3 is 10.6 Å². The van der Waals surface area contributed by atoms with Gasteiger partial charge in [0.25, 0.3) is 0 Å². The van der Waals surface area contributed by atoms with Crippen LogP contribution < -0.4 is 10.6 Å². The van der Waals surface area contributed by atoms with E-state index in [9.17, 15) is 8.78 Å². The summed E-state index contributed by atoms with van der Waals surface area (Å²) in [6.07, 6.45) is 3.33. The first-order valence-corrected chi connectivity index (χ1v) is 6.29. The number of nitrogens with two attached hydrogens (primary N) is 1. The van der Waals surface area contributed by atoms with Crippen molar-refractivity contribution in [2.24, 2.45) is 5.73 Å². The van der Waals surface area contributed by atoms with Crippen LogP contribution in [0.4, 0.5) is 14.5 Å². The SMILES string of the molecule is CN(Cc1cccnc1)c1ccc(C(N)=S)c(F)c1F. The van der Waals surface area contributed by atoms with Gasteiger partial charge in [-0.05, 0) is 23.8 Å². The monoisotopic (exact) mass is 293 g/mol. The van der Waals surface area contributed by atoms with Gasteiger partial charge in [-0.25, -0.2) is 8.78 Å².